The first-order valence-corrected chi connectivity index (χ1v) is 23.0. The first-order chi connectivity index (χ1) is 29.6. The second kappa shape index (κ2) is 18.5. The summed E-state index contributed by atoms with van der Waals surface area (Å²) in [5, 5.41) is 2.55. The topological polar surface area (TPSA) is 157 Å². The zero-order chi connectivity index (χ0) is 42.6. The van der Waals surface area contributed by atoms with Crippen LogP contribution in [0.5, 0.6) is 11.5 Å². The van der Waals surface area contributed by atoms with Gasteiger partial charge in [0.2, 0.25) is 5.91 Å². The number of hydrogen-bond donors (Lipinski definition) is 1. The zero-order valence-electron chi connectivity index (χ0n) is 34.2. The quantitative estimate of drug-likeness (QED) is 0.0870. The molecule has 3 aliphatic rings. The third-order valence-corrected chi connectivity index (χ3v) is 14.9. The Labute approximate surface area is 356 Å². The Bertz CT molecular complexity index is 2390. The number of ether oxygens (including phenoxy) is 4. The summed E-state index contributed by atoms with van der Waals surface area (Å²) < 4.78 is 69.4. The molecule has 0 spiro atoms. The van der Waals surface area contributed by atoms with Gasteiger partial charge >= 0.3 is 5.69 Å². The van der Waals surface area contributed by atoms with Gasteiger partial charge in [-0.25, -0.2) is 17.9 Å². The Morgan fingerprint density at radius 2 is 1.49 bits per heavy atom. The molecule has 61 heavy (non-hydrogen) atoms. The minimum atomic E-state index is -3.63. The van der Waals surface area contributed by atoms with Crippen LogP contribution in [-0.4, -0.2) is 92.1 Å². The predicted octanol–water partition coefficient (Wildman–Crippen LogP) is 6.33. The number of carbonyl (C=O) groups is 1. The number of carbonyl (C=O) groups excluding carboxylic acids is 1. The molecule has 14 nitrogen and oxygen atoms in total. The Kier molecular flexibility index (Phi) is 13.0. The van der Waals surface area contributed by atoms with E-state index in [0.717, 1.165) is 29.5 Å². The van der Waals surface area contributed by atoms with E-state index in [4.69, 9.17) is 28.0 Å². The molecule has 6 atom stereocenters. The van der Waals surface area contributed by atoms with Gasteiger partial charge in [-0.3, -0.25) is 9.36 Å². The van der Waals surface area contributed by atoms with Crippen LogP contribution in [-0.2, 0) is 45.3 Å². The molecular formula is C45H49N4O10PS. The summed E-state index contributed by atoms with van der Waals surface area (Å²) in [4.78, 5) is 29.1. The molecule has 3 aliphatic heterocycles. The fourth-order valence-electron chi connectivity index (χ4n) is 8.38. The molecular weight excluding hydrogens is 820 g/mol. The lowest BCUT2D eigenvalue weighted by Crippen LogP contribution is -2.38. The molecule has 4 aromatic carbocycles. The largest absolute Gasteiger partial charge is 0.497 e. The maximum absolute atomic E-state index is 13.6. The summed E-state index contributed by atoms with van der Waals surface area (Å²) in [5.41, 5.74) is 0.886. The molecule has 8 rings (SSSR count). The first-order valence-electron chi connectivity index (χ1n) is 20.2. The first kappa shape index (κ1) is 42.7. The molecule has 3 saturated heterocycles. The summed E-state index contributed by atoms with van der Waals surface area (Å²) in [5.74, 6) is 1.05. The predicted molar refractivity (Wildman–Crippen MR) is 229 cm³/mol. The average molecular weight is 869 g/mol. The minimum Gasteiger partial charge on any atom is -0.497 e. The van der Waals surface area contributed by atoms with Gasteiger partial charge in [-0.05, 0) is 72.0 Å². The number of benzene rings is 4. The van der Waals surface area contributed by atoms with Crippen molar-refractivity contribution in [1.29, 1.82) is 0 Å². The highest BCUT2D eigenvalue weighted by atomic mass is 32.2. The summed E-state index contributed by atoms with van der Waals surface area (Å²) in [6.07, 6.45) is 1.35. The second-order valence-electron chi connectivity index (χ2n) is 15.3. The van der Waals surface area contributed by atoms with Crippen molar-refractivity contribution in [1.82, 2.24) is 14.2 Å². The number of hydrogen-bond acceptors (Lipinski definition) is 12. The highest BCUT2D eigenvalue weighted by molar-refractivity contribution is 7.91. The molecule has 0 bridgehead atoms. The summed E-state index contributed by atoms with van der Waals surface area (Å²) in [7, 11) is -2.06. The zero-order valence-corrected chi connectivity index (χ0v) is 35.9. The maximum atomic E-state index is 13.6. The van der Waals surface area contributed by atoms with E-state index in [1.54, 1.807) is 56.8 Å². The fraction of sp³-hybridized carbons (Fsp3) is 0.356. The van der Waals surface area contributed by atoms with E-state index < -0.39 is 54.1 Å². The van der Waals surface area contributed by atoms with E-state index >= 15 is 0 Å². The normalized spacial score (nSPS) is 22.8. The monoisotopic (exact) mass is 868 g/mol. The number of anilines is 1. The van der Waals surface area contributed by atoms with Crippen LogP contribution in [0.3, 0.4) is 0 Å². The van der Waals surface area contributed by atoms with Crippen LogP contribution < -0.4 is 20.5 Å². The molecule has 0 aliphatic carbocycles. The molecule has 1 N–H and O–H groups in total. The molecule has 5 aromatic rings. The number of nitrogens with one attached hydrogen (secondary N) is 1. The smallest absolute Gasteiger partial charge is 0.349 e. The molecule has 320 valence electrons. The summed E-state index contributed by atoms with van der Waals surface area (Å²) in [6, 6.07) is 35.4. The molecule has 0 radical (unpaired) electrons. The van der Waals surface area contributed by atoms with E-state index in [9.17, 15) is 18.0 Å². The van der Waals surface area contributed by atoms with Crippen molar-refractivity contribution < 1.29 is 41.2 Å². The second-order valence-corrected chi connectivity index (χ2v) is 18.7. The number of rotatable bonds is 16. The third kappa shape index (κ3) is 9.29. The number of methoxy groups -OCH3 is 2. The van der Waals surface area contributed by atoms with Gasteiger partial charge < -0.3 is 33.3 Å². The number of aromatic nitrogens is 2. The number of amides is 1. The minimum absolute atomic E-state index is 0.0567. The van der Waals surface area contributed by atoms with Gasteiger partial charge in [-0.1, -0.05) is 72.8 Å². The summed E-state index contributed by atoms with van der Waals surface area (Å²) in [6.45, 7) is 2.28. The number of fused-ring (bicyclic) bond motifs is 1. The van der Waals surface area contributed by atoms with Crippen LogP contribution >= 0.6 is 8.53 Å². The van der Waals surface area contributed by atoms with Gasteiger partial charge in [0, 0.05) is 32.1 Å². The van der Waals surface area contributed by atoms with Crippen LogP contribution in [0.25, 0.3) is 0 Å². The Balaban J connectivity index is 1.12. The lowest BCUT2D eigenvalue weighted by molar-refractivity contribution is -0.114. The van der Waals surface area contributed by atoms with Gasteiger partial charge in [-0.2, -0.15) is 4.98 Å². The highest BCUT2D eigenvalue weighted by Crippen LogP contribution is 2.58. The Morgan fingerprint density at radius 3 is 2.10 bits per heavy atom. The standard InChI is InChI=1S/C45H49N4O10PS/c1-31(50)46-43-24-26-48(44(51)47-43)28-37-27-40(58-60-49-25-10-15-39(49)42(59-60)30-61(52,53)38-13-8-5-9-14-38)41(57-37)29-56-45(32-11-6-4-7-12-32,33-16-20-35(54-2)21-17-33)34-18-22-36(55-3)23-19-34/h4-9,11-14,16-24,26,37,39-42H,10,15,25,27-30H2,1-3H3,(H,46,47,50,51)/t37-,39+,40+,41-,42-,60-/m1/s1. The van der Waals surface area contributed by atoms with Gasteiger partial charge in [0.05, 0.1) is 56.3 Å². The Hall–Kier alpha value is -4.99. The van der Waals surface area contributed by atoms with E-state index in [1.807, 2.05) is 78.9 Å². The molecule has 16 heteroatoms. The van der Waals surface area contributed by atoms with Gasteiger partial charge in [0.15, 0.2) is 9.84 Å². The van der Waals surface area contributed by atoms with E-state index in [0.29, 0.717) is 24.5 Å². The van der Waals surface area contributed by atoms with E-state index in [-0.39, 0.29) is 41.6 Å². The van der Waals surface area contributed by atoms with Crippen molar-refractivity contribution in [3.63, 3.8) is 0 Å². The van der Waals surface area contributed by atoms with Crippen molar-refractivity contribution in [3.05, 3.63) is 149 Å². The van der Waals surface area contributed by atoms with Crippen LogP contribution in [0.2, 0.25) is 0 Å². The van der Waals surface area contributed by atoms with Gasteiger partial charge in [-0.15, -0.1) is 0 Å². The maximum Gasteiger partial charge on any atom is 0.349 e. The third-order valence-electron chi connectivity index (χ3n) is 11.3. The lowest BCUT2D eigenvalue weighted by atomic mass is 9.80. The van der Waals surface area contributed by atoms with Gasteiger partial charge in [0.1, 0.15) is 29.0 Å². The van der Waals surface area contributed by atoms with Crippen LogP contribution in [0.15, 0.2) is 131 Å². The van der Waals surface area contributed by atoms with Crippen molar-refractivity contribution >= 4 is 30.1 Å². The fourth-order valence-corrected chi connectivity index (χ4v) is 12.0. The average Bonchev–Trinajstić information content (AvgIpc) is 4.00. The van der Waals surface area contributed by atoms with E-state index in [2.05, 4.69) is 15.0 Å². The molecule has 3 fully saturated rings. The lowest BCUT2D eigenvalue weighted by Gasteiger charge is -2.37. The van der Waals surface area contributed by atoms with Crippen molar-refractivity contribution in [3.8, 4) is 11.5 Å². The van der Waals surface area contributed by atoms with Crippen LogP contribution in [0.1, 0.15) is 42.9 Å². The van der Waals surface area contributed by atoms with Crippen LogP contribution in [0.4, 0.5) is 5.82 Å². The van der Waals surface area contributed by atoms with Crippen LogP contribution in [0, 0.1) is 0 Å². The Morgan fingerprint density at radius 1 is 0.869 bits per heavy atom. The number of sulfone groups is 1. The molecule has 0 saturated carbocycles. The molecule has 1 aromatic heterocycles. The number of nitrogens with zero attached hydrogens (tertiary/aromatic N) is 3. The molecule has 0 unspecified atom stereocenters. The molecule has 1 amide bonds. The van der Waals surface area contributed by atoms with Gasteiger partial charge in [0.25, 0.3) is 8.53 Å². The van der Waals surface area contributed by atoms with Crippen molar-refractivity contribution in [2.45, 2.75) is 73.7 Å². The molecule has 4 heterocycles. The summed E-state index contributed by atoms with van der Waals surface area (Å²) >= 11 is 0. The highest BCUT2D eigenvalue weighted by Gasteiger charge is 2.51. The van der Waals surface area contributed by atoms with E-state index in [1.165, 1.54) is 11.5 Å². The van der Waals surface area contributed by atoms with Crippen molar-refractivity contribution in [2.75, 3.05) is 38.4 Å². The van der Waals surface area contributed by atoms with Crippen molar-refractivity contribution in [2.24, 2.45) is 0 Å². The SMILES string of the molecule is COc1ccc(C(OC[C@H]2O[C@@H](Cn3ccc(NC(C)=O)nc3=O)C[C@@H]2O[P@]2O[C@H](CS(=O)(=O)c3ccccc3)[C@@H]3CCCN32)(c2ccccc2)c2ccc(OC)cc2)cc1.